The fourth-order valence-electron chi connectivity index (χ4n) is 2.00. The Balaban J connectivity index is 2.35. The van der Waals surface area contributed by atoms with E-state index in [4.69, 9.17) is 4.42 Å². The zero-order valence-corrected chi connectivity index (χ0v) is 9.76. The molecule has 0 bridgehead atoms. The Kier molecular flexibility index (Phi) is 2.56. The third-order valence-corrected chi connectivity index (χ3v) is 2.90. The van der Waals surface area contributed by atoms with E-state index < -0.39 is 11.4 Å². The third kappa shape index (κ3) is 1.87. The molecule has 0 radical (unpaired) electrons. The molecule has 94 valence electrons. The molecule has 0 aliphatic rings. The monoisotopic (exact) mass is 256 g/mol. The van der Waals surface area contributed by atoms with Gasteiger partial charge in [0.05, 0.1) is 5.56 Å². The van der Waals surface area contributed by atoms with Gasteiger partial charge in [0, 0.05) is 10.9 Å². The summed E-state index contributed by atoms with van der Waals surface area (Å²) in [4.78, 5) is 11.9. The summed E-state index contributed by atoms with van der Waals surface area (Å²) in [7, 11) is 0. The van der Waals surface area contributed by atoms with E-state index in [1.807, 2.05) is 0 Å². The van der Waals surface area contributed by atoms with E-state index in [1.54, 1.807) is 24.3 Å². The van der Waals surface area contributed by atoms with Crippen LogP contribution in [0.3, 0.4) is 0 Å². The van der Waals surface area contributed by atoms with Crippen molar-refractivity contribution in [1.82, 2.24) is 0 Å². The smallest absolute Gasteiger partial charge is 0.344 e. The van der Waals surface area contributed by atoms with Crippen LogP contribution in [0.1, 0.15) is 0 Å². The zero-order chi connectivity index (χ0) is 13.4. The van der Waals surface area contributed by atoms with Crippen LogP contribution in [0.15, 0.2) is 57.7 Å². The normalized spacial score (nSPS) is 10.8. The van der Waals surface area contributed by atoms with E-state index in [0.717, 1.165) is 0 Å². The molecular formula is C15H9FO3. The Bertz CT molecular complexity index is 821. The van der Waals surface area contributed by atoms with Gasteiger partial charge < -0.3 is 9.52 Å². The van der Waals surface area contributed by atoms with Crippen molar-refractivity contribution in [2.45, 2.75) is 0 Å². The van der Waals surface area contributed by atoms with Gasteiger partial charge in [-0.1, -0.05) is 30.3 Å². The van der Waals surface area contributed by atoms with Crippen molar-refractivity contribution in [2.75, 3.05) is 0 Å². The van der Waals surface area contributed by atoms with Gasteiger partial charge in [-0.05, 0) is 18.2 Å². The molecule has 1 N–H and O–H groups in total. The molecule has 4 heteroatoms. The Morgan fingerprint density at radius 3 is 2.58 bits per heavy atom. The second kappa shape index (κ2) is 4.24. The number of aromatic hydroxyl groups is 1. The van der Waals surface area contributed by atoms with E-state index in [-0.39, 0.29) is 22.5 Å². The lowest BCUT2D eigenvalue weighted by Crippen LogP contribution is -2.03. The molecule has 19 heavy (non-hydrogen) atoms. The van der Waals surface area contributed by atoms with E-state index in [2.05, 4.69) is 0 Å². The van der Waals surface area contributed by atoms with Crippen LogP contribution in [-0.4, -0.2) is 5.11 Å². The molecule has 0 unspecified atom stereocenters. The standard InChI is InChI=1S/C15H9FO3/c16-12-6-2-1-5-10(12)11-8-9-4-3-7-13(17)14(9)19-15(11)18/h1-8,17H. The number of phenols is 1. The van der Waals surface area contributed by atoms with Gasteiger partial charge in [-0.2, -0.15) is 0 Å². The molecule has 0 saturated heterocycles. The molecule has 2 aromatic carbocycles. The Morgan fingerprint density at radius 2 is 1.79 bits per heavy atom. The lowest BCUT2D eigenvalue weighted by atomic mass is 10.1. The van der Waals surface area contributed by atoms with E-state index >= 15 is 0 Å². The van der Waals surface area contributed by atoms with Crippen molar-refractivity contribution in [3.63, 3.8) is 0 Å². The molecule has 3 aromatic rings. The number of rotatable bonds is 1. The Labute approximate surface area is 107 Å². The highest BCUT2D eigenvalue weighted by molar-refractivity contribution is 5.85. The minimum absolute atomic E-state index is 0.104. The van der Waals surface area contributed by atoms with E-state index in [1.165, 1.54) is 24.3 Å². The van der Waals surface area contributed by atoms with Gasteiger partial charge in [0.2, 0.25) is 0 Å². The first-order chi connectivity index (χ1) is 9.16. The van der Waals surface area contributed by atoms with Gasteiger partial charge in [-0.25, -0.2) is 9.18 Å². The van der Waals surface area contributed by atoms with Crippen molar-refractivity contribution >= 4 is 11.0 Å². The number of phenolic OH excluding ortho intramolecular Hbond substituents is 1. The van der Waals surface area contributed by atoms with Crippen LogP contribution in [0.2, 0.25) is 0 Å². The van der Waals surface area contributed by atoms with Gasteiger partial charge in [-0.3, -0.25) is 0 Å². The summed E-state index contributed by atoms with van der Waals surface area (Å²) < 4.78 is 18.8. The number of halogens is 1. The molecule has 0 aliphatic heterocycles. The summed E-state index contributed by atoms with van der Waals surface area (Å²) >= 11 is 0. The van der Waals surface area contributed by atoms with Gasteiger partial charge in [0.1, 0.15) is 5.82 Å². The van der Waals surface area contributed by atoms with Crippen LogP contribution < -0.4 is 5.63 Å². The van der Waals surface area contributed by atoms with Crippen LogP contribution in [0.25, 0.3) is 22.1 Å². The van der Waals surface area contributed by atoms with Crippen molar-refractivity contribution in [2.24, 2.45) is 0 Å². The highest BCUT2D eigenvalue weighted by atomic mass is 19.1. The number of hydrogen-bond acceptors (Lipinski definition) is 3. The fourth-order valence-corrected chi connectivity index (χ4v) is 2.00. The average molecular weight is 256 g/mol. The molecule has 0 spiro atoms. The topological polar surface area (TPSA) is 50.4 Å². The number of para-hydroxylation sites is 1. The molecule has 0 atom stereocenters. The largest absolute Gasteiger partial charge is 0.504 e. The van der Waals surface area contributed by atoms with Crippen molar-refractivity contribution in [1.29, 1.82) is 0 Å². The number of benzene rings is 2. The van der Waals surface area contributed by atoms with E-state index in [0.29, 0.717) is 5.39 Å². The quantitative estimate of drug-likeness (QED) is 0.679. The second-order valence-corrected chi connectivity index (χ2v) is 4.12. The minimum atomic E-state index is -0.681. The highest BCUT2D eigenvalue weighted by Crippen LogP contribution is 2.27. The van der Waals surface area contributed by atoms with Gasteiger partial charge in [0.25, 0.3) is 0 Å². The molecule has 1 aromatic heterocycles. The third-order valence-electron chi connectivity index (χ3n) is 2.90. The summed E-state index contributed by atoms with van der Waals surface area (Å²) in [6.07, 6.45) is 0. The lowest BCUT2D eigenvalue weighted by Gasteiger charge is -2.04. The zero-order valence-electron chi connectivity index (χ0n) is 9.76. The van der Waals surface area contributed by atoms with Crippen molar-refractivity contribution in [3.8, 4) is 16.9 Å². The summed E-state index contributed by atoms with van der Waals surface area (Å²) in [6.45, 7) is 0. The highest BCUT2D eigenvalue weighted by Gasteiger charge is 2.12. The minimum Gasteiger partial charge on any atom is -0.504 e. The van der Waals surface area contributed by atoms with Crippen LogP contribution >= 0.6 is 0 Å². The molecule has 0 amide bonds. The van der Waals surface area contributed by atoms with Crippen LogP contribution in [0.5, 0.6) is 5.75 Å². The molecular weight excluding hydrogens is 247 g/mol. The first kappa shape index (κ1) is 11.5. The van der Waals surface area contributed by atoms with Gasteiger partial charge in [-0.15, -0.1) is 0 Å². The molecule has 0 fully saturated rings. The molecule has 3 rings (SSSR count). The molecule has 1 heterocycles. The van der Waals surface area contributed by atoms with Crippen LogP contribution in [0.4, 0.5) is 4.39 Å². The fraction of sp³-hybridized carbons (Fsp3) is 0. The average Bonchev–Trinajstić information content (AvgIpc) is 2.40. The van der Waals surface area contributed by atoms with E-state index in [9.17, 15) is 14.3 Å². The first-order valence-corrected chi connectivity index (χ1v) is 5.67. The van der Waals surface area contributed by atoms with Gasteiger partial charge >= 0.3 is 5.63 Å². The predicted molar refractivity (Wildman–Crippen MR) is 69.5 cm³/mol. The molecule has 0 saturated carbocycles. The van der Waals surface area contributed by atoms with Crippen molar-refractivity contribution in [3.05, 3.63) is 64.8 Å². The summed E-state index contributed by atoms with van der Waals surface area (Å²) in [6, 6.07) is 12.2. The summed E-state index contributed by atoms with van der Waals surface area (Å²) in [5.74, 6) is -0.607. The molecule has 0 aliphatic carbocycles. The lowest BCUT2D eigenvalue weighted by molar-refractivity contribution is 0.457. The van der Waals surface area contributed by atoms with Gasteiger partial charge in [0.15, 0.2) is 11.3 Å². The first-order valence-electron chi connectivity index (χ1n) is 5.67. The number of fused-ring (bicyclic) bond motifs is 1. The van der Waals surface area contributed by atoms with Crippen molar-refractivity contribution < 1.29 is 13.9 Å². The summed E-state index contributed by atoms with van der Waals surface area (Å²) in [5, 5.41) is 10.1. The number of hydrogen-bond donors (Lipinski definition) is 1. The maximum absolute atomic E-state index is 13.7. The predicted octanol–water partition coefficient (Wildman–Crippen LogP) is 3.30. The second-order valence-electron chi connectivity index (χ2n) is 4.12. The summed E-state index contributed by atoms with van der Waals surface area (Å²) in [5.41, 5.74) is -0.260. The Morgan fingerprint density at radius 1 is 1.00 bits per heavy atom. The molecule has 3 nitrogen and oxygen atoms in total. The Hall–Kier alpha value is -2.62. The maximum atomic E-state index is 13.7. The maximum Gasteiger partial charge on any atom is 0.344 e. The van der Waals surface area contributed by atoms with Crippen LogP contribution in [-0.2, 0) is 0 Å². The SMILES string of the molecule is O=c1oc2c(O)cccc2cc1-c1ccccc1F. The van der Waals surface area contributed by atoms with Crippen LogP contribution in [0, 0.1) is 5.82 Å².